The van der Waals surface area contributed by atoms with E-state index >= 15 is 0 Å². The van der Waals surface area contributed by atoms with Gasteiger partial charge in [-0.3, -0.25) is 5.10 Å². The van der Waals surface area contributed by atoms with Crippen molar-refractivity contribution in [2.24, 2.45) is 0 Å². The quantitative estimate of drug-likeness (QED) is 0.790. The summed E-state index contributed by atoms with van der Waals surface area (Å²) in [6, 6.07) is 0.00299. The maximum atomic E-state index is 12.0. The van der Waals surface area contributed by atoms with Crippen LogP contribution in [0.4, 0.5) is 13.2 Å². The van der Waals surface area contributed by atoms with Crippen molar-refractivity contribution in [3.05, 3.63) is 11.6 Å². The topological polar surface area (TPSA) is 53.6 Å². The predicted octanol–water partition coefficient (Wildman–Crippen LogP) is 1.33. The Kier molecular flexibility index (Phi) is 2.64. The summed E-state index contributed by atoms with van der Waals surface area (Å²) in [5, 5.41) is 9.22. The fraction of sp³-hybridized carbons (Fsp3) is 0.750. The summed E-state index contributed by atoms with van der Waals surface area (Å²) < 4.78 is 36.1. The van der Waals surface area contributed by atoms with Crippen LogP contribution in [0.3, 0.4) is 0 Å². The number of hydrogen-bond acceptors (Lipinski definition) is 3. The summed E-state index contributed by atoms with van der Waals surface area (Å²) in [4.78, 5) is 3.83. The second kappa shape index (κ2) is 3.80. The molecule has 1 fully saturated rings. The van der Waals surface area contributed by atoms with Gasteiger partial charge in [0.25, 0.3) is 0 Å². The van der Waals surface area contributed by atoms with Crippen LogP contribution < -0.4 is 5.32 Å². The largest absolute Gasteiger partial charge is 0.396 e. The second-order valence-corrected chi connectivity index (χ2v) is 3.58. The van der Waals surface area contributed by atoms with Crippen molar-refractivity contribution < 1.29 is 13.2 Å². The third-order valence-corrected chi connectivity index (χ3v) is 2.29. The number of nitrogens with one attached hydrogen (secondary N) is 2. The summed E-state index contributed by atoms with van der Waals surface area (Å²) in [6.07, 6.45) is -3.40. The Morgan fingerprint density at radius 3 is 2.80 bits per heavy atom. The zero-order valence-electron chi connectivity index (χ0n) is 7.93. The fourth-order valence-corrected chi connectivity index (χ4v) is 1.64. The molecule has 1 aliphatic heterocycles. The molecule has 2 N–H and O–H groups in total. The molecule has 1 unspecified atom stereocenters. The van der Waals surface area contributed by atoms with E-state index in [1.54, 1.807) is 0 Å². The highest BCUT2D eigenvalue weighted by Gasteiger charge is 2.30. The minimum atomic E-state index is -4.24. The van der Waals surface area contributed by atoms with Gasteiger partial charge in [0, 0.05) is 0 Å². The van der Waals surface area contributed by atoms with Gasteiger partial charge >= 0.3 is 6.18 Å². The normalized spacial score (nSPS) is 22.2. The number of rotatable bonds is 2. The van der Waals surface area contributed by atoms with Crippen molar-refractivity contribution in [2.75, 3.05) is 6.54 Å². The first-order valence-corrected chi connectivity index (χ1v) is 4.76. The van der Waals surface area contributed by atoms with Crippen LogP contribution in [-0.2, 0) is 6.42 Å². The number of nitrogens with zero attached hydrogens (tertiary/aromatic N) is 2. The molecule has 1 atom stereocenters. The number of hydrogen-bond donors (Lipinski definition) is 2. The molecule has 1 aromatic heterocycles. The summed E-state index contributed by atoms with van der Waals surface area (Å²) in [6.45, 7) is 0.869. The number of halogens is 3. The molecule has 1 saturated heterocycles. The smallest absolute Gasteiger partial charge is 0.307 e. The minimum absolute atomic E-state index is 0.00299. The SMILES string of the molecule is FC(F)(F)Cc1nc(C2CCCN2)n[nH]1. The molecule has 0 amide bonds. The molecule has 0 saturated carbocycles. The molecule has 2 heterocycles. The second-order valence-electron chi connectivity index (χ2n) is 3.58. The van der Waals surface area contributed by atoms with Gasteiger partial charge in [0.15, 0.2) is 5.82 Å². The van der Waals surface area contributed by atoms with Crippen LogP contribution in [0.2, 0.25) is 0 Å². The minimum Gasteiger partial charge on any atom is -0.307 e. The Morgan fingerprint density at radius 2 is 2.20 bits per heavy atom. The third-order valence-electron chi connectivity index (χ3n) is 2.29. The van der Waals surface area contributed by atoms with Crippen molar-refractivity contribution in [3.8, 4) is 0 Å². The van der Waals surface area contributed by atoms with E-state index in [4.69, 9.17) is 0 Å². The van der Waals surface area contributed by atoms with Crippen LogP contribution in [0.5, 0.6) is 0 Å². The summed E-state index contributed by atoms with van der Waals surface area (Å²) in [7, 11) is 0. The molecule has 1 aromatic rings. The van der Waals surface area contributed by atoms with Crippen LogP contribution in [0.15, 0.2) is 0 Å². The molecule has 15 heavy (non-hydrogen) atoms. The molecule has 2 rings (SSSR count). The highest BCUT2D eigenvalue weighted by atomic mass is 19.4. The Labute approximate surface area is 84.3 Å². The average Bonchev–Trinajstić information content (AvgIpc) is 2.68. The molecule has 0 spiro atoms. The van der Waals surface area contributed by atoms with Gasteiger partial charge in [-0.25, -0.2) is 4.98 Å². The van der Waals surface area contributed by atoms with E-state index in [0.29, 0.717) is 5.82 Å². The van der Waals surface area contributed by atoms with Crippen molar-refractivity contribution in [1.29, 1.82) is 0 Å². The molecule has 0 radical (unpaired) electrons. The standard InChI is InChI=1S/C8H11F3N4/c9-8(10,11)4-6-13-7(15-14-6)5-2-1-3-12-5/h5,12H,1-4H2,(H,13,14,15). The molecular weight excluding hydrogens is 209 g/mol. The van der Waals surface area contributed by atoms with Gasteiger partial charge < -0.3 is 5.32 Å². The molecule has 0 aliphatic carbocycles. The van der Waals surface area contributed by atoms with Crippen LogP contribution in [-0.4, -0.2) is 27.9 Å². The first-order chi connectivity index (χ1) is 7.04. The van der Waals surface area contributed by atoms with E-state index in [1.165, 1.54) is 0 Å². The van der Waals surface area contributed by atoms with Gasteiger partial charge in [-0.15, -0.1) is 0 Å². The summed E-state index contributed by atoms with van der Waals surface area (Å²) in [5.41, 5.74) is 0. The van der Waals surface area contributed by atoms with Crippen molar-refractivity contribution in [2.45, 2.75) is 31.5 Å². The lowest BCUT2D eigenvalue weighted by Gasteiger charge is -2.03. The van der Waals surface area contributed by atoms with Crippen molar-refractivity contribution in [1.82, 2.24) is 20.5 Å². The summed E-state index contributed by atoms with van der Waals surface area (Å²) in [5.74, 6) is 0.318. The number of H-pyrrole nitrogens is 1. The van der Waals surface area contributed by atoms with Crippen molar-refractivity contribution in [3.63, 3.8) is 0 Å². The Hall–Kier alpha value is -1.11. The van der Waals surface area contributed by atoms with Crippen LogP contribution >= 0.6 is 0 Å². The van der Waals surface area contributed by atoms with E-state index in [9.17, 15) is 13.2 Å². The molecular formula is C8H11F3N4. The summed E-state index contributed by atoms with van der Waals surface area (Å²) >= 11 is 0. The lowest BCUT2D eigenvalue weighted by atomic mass is 10.2. The van der Waals surface area contributed by atoms with Crippen molar-refractivity contribution >= 4 is 0 Å². The highest BCUT2D eigenvalue weighted by molar-refractivity contribution is 4.99. The maximum absolute atomic E-state index is 12.0. The van der Waals surface area contributed by atoms with Gasteiger partial charge in [0.05, 0.1) is 6.04 Å². The molecule has 7 heteroatoms. The monoisotopic (exact) mass is 220 g/mol. The van der Waals surface area contributed by atoms with Gasteiger partial charge in [-0.05, 0) is 19.4 Å². The predicted molar refractivity (Wildman–Crippen MR) is 46.1 cm³/mol. The van der Waals surface area contributed by atoms with E-state index in [2.05, 4.69) is 20.5 Å². The van der Waals surface area contributed by atoms with Gasteiger partial charge in [-0.1, -0.05) is 0 Å². The maximum Gasteiger partial charge on any atom is 0.396 e. The van der Waals surface area contributed by atoms with Gasteiger partial charge in [-0.2, -0.15) is 18.3 Å². The Bertz CT molecular complexity index is 327. The molecule has 0 bridgehead atoms. The molecule has 84 valence electrons. The van der Waals surface area contributed by atoms with Gasteiger partial charge in [0.2, 0.25) is 0 Å². The Morgan fingerprint density at radius 1 is 1.40 bits per heavy atom. The lowest BCUT2D eigenvalue weighted by molar-refractivity contribution is -0.128. The zero-order valence-corrected chi connectivity index (χ0v) is 7.93. The van der Waals surface area contributed by atoms with E-state index in [-0.39, 0.29) is 11.9 Å². The molecule has 0 aromatic carbocycles. The third kappa shape index (κ3) is 2.68. The highest BCUT2D eigenvalue weighted by Crippen LogP contribution is 2.22. The number of alkyl halides is 3. The van der Waals surface area contributed by atoms with E-state index in [0.717, 1.165) is 19.4 Å². The van der Waals surface area contributed by atoms with Gasteiger partial charge in [0.1, 0.15) is 12.2 Å². The van der Waals surface area contributed by atoms with E-state index < -0.39 is 12.6 Å². The Balaban J connectivity index is 2.03. The first kappa shape index (κ1) is 10.4. The number of aromatic nitrogens is 3. The lowest BCUT2D eigenvalue weighted by Crippen LogP contribution is -2.15. The van der Waals surface area contributed by atoms with E-state index in [1.807, 2.05) is 0 Å². The van der Waals surface area contributed by atoms with Crippen LogP contribution in [0, 0.1) is 0 Å². The fourth-order valence-electron chi connectivity index (χ4n) is 1.64. The molecule has 1 aliphatic rings. The van der Waals surface area contributed by atoms with Crippen LogP contribution in [0.25, 0.3) is 0 Å². The average molecular weight is 220 g/mol. The zero-order chi connectivity index (χ0) is 10.9. The molecule has 4 nitrogen and oxygen atoms in total. The first-order valence-electron chi connectivity index (χ1n) is 4.76. The van der Waals surface area contributed by atoms with Crippen LogP contribution in [0.1, 0.15) is 30.5 Å². The number of aromatic amines is 1.